The van der Waals surface area contributed by atoms with E-state index in [-0.39, 0.29) is 5.82 Å². The maximum Gasteiger partial charge on any atom is 0.284 e. The summed E-state index contributed by atoms with van der Waals surface area (Å²) in [5, 5.41) is 0. The van der Waals surface area contributed by atoms with E-state index in [2.05, 4.69) is 15.0 Å². The van der Waals surface area contributed by atoms with Crippen LogP contribution < -0.4 is 5.73 Å². The molecular weight excluding hydrogens is 180 g/mol. The Hall–Kier alpha value is -2.17. The number of primary amides is 1. The summed E-state index contributed by atoms with van der Waals surface area (Å²) in [5.41, 5.74) is 6.73. The summed E-state index contributed by atoms with van der Waals surface area (Å²) in [4.78, 5) is 21.3. The van der Waals surface area contributed by atoms with Crippen LogP contribution in [0.3, 0.4) is 0 Å². The lowest BCUT2D eigenvalue weighted by Gasteiger charge is -1.94. The molecule has 0 radical (unpaired) electrons. The lowest BCUT2D eigenvalue weighted by atomic mass is 10.2. The number of rotatable bonds is 2. The SMILES string of the molecule is NC(=O)c1ncc(-c2ccncc2)[nH]1. The summed E-state index contributed by atoms with van der Waals surface area (Å²) in [6.45, 7) is 0. The highest BCUT2D eigenvalue weighted by Gasteiger charge is 2.06. The predicted molar refractivity (Wildman–Crippen MR) is 50.3 cm³/mol. The van der Waals surface area contributed by atoms with Crippen molar-refractivity contribution in [3.05, 3.63) is 36.5 Å². The normalized spacial score (nSPS) is 10.0. The molecule has 3 N–H and O–H groups in total. The average molecular weight is 188 g/mol. The van der Waals surface area contributed by atoms with E-state index in [9.17, 15) is 4.79 Å². The van der Waals surface area contributed by atoms with Gasteiger partial charge in [0.2, 0.25) is 0 Å². The van der Waals surface area contributed by atoms with E-state index >= 15 is 0 Å². The van der Waals surface area contributed by atoms with Gasteiger partial charge in [0, 0.05) is 18.0 Å². The number of carbonyl (C=O) groups is 1. The fourth-order valence-electron chi connectivity index (χ4n) is 1.12. The van der Waals surface area contributed by atoms with Gasteiger partial charge in [-0.1, -0.05) is 0 Å². The van der Waals surface area contributed by atoms with Gasteiger partial charge in [0.05, 0.1) is 11.9 Å². The maximum absolute atomic E-state index is 10.8. The molecule has 0 saturated heterocycles. The monoisotopic (exact) mass is 188 g/mol. The topological polar surface area (TPSA) is 84.7 Å². The van der Waals surface area contributed by atoms with Gasteiger partial charge < -0.3 is 10.7 Å². The number of pyridine rings is 1. The van der Waals surface area contributed by atoms with Crippen LogP contribution in [-0.2, 0) is 0 Å². The molecule has 14 heavy (non-hydrogen) atoms. The second kappa shape index (κ2) is 3.29. The Morgan fingerprint density at radius 3 is 2.64 bits per heavy atom. The van der Waals surface area contributed by atoms with E-state index in [1.165, 1.54) is 0 Å². The van der Waals surface area contributed by atoms with Gasteiger partial charge in [-0.15, -0.1) is 0 Å². The van der Waals surface area contributed by atoms with Gasteiger partial charge in [-0.3, -0.25) is 9.78 Å². The Balaban J connectivity index is 2.39. The number of nitrogens with one attached hydrogen (secondary N) is 1. The molecule has 0 spiro atoms. The highest BCUT2D eigenvalue weighted by Crippen LogP contribution is 2.14. The van der Waals surface area contributed by atoms with Crippen molar-refractivity contribution in [2.75, 3.05) is 0 Å². The molecule has 0 fully saturated rings. The summed E-state index contributed by atoms with van der Waals surface area (Å²) >= 11 is 0. The van der Waals surface area contributed by atoms with Crippen molar-refractivity contribution in [2.45, 2.75) is 0 Å². The molecule has 5 heteroatoms. The molecule has 0 aliphatic carbocycles. The zero-order chi connectivity index (χ0) is 9.97. The maximum atomic E-state index is 10.8. The van der Waals surface area contributed by atoms with E-state index in [4.69, 9.17) is 5.73 Å². The second-order valence-electron chi connectivity index (χ2n) is 2.75. The van der Waals surface area contributed by atoms with Gasteiger partial charge in [-0.2, -0.15) is 0 Å². The first kappa shape index (κ1) is 8.43. The van der Waals surface area contributed by atoms with Crippen molar-refractivity contribution in [3.63, 3.8) is 0 Å². The largest absolute Gasteiger partial charge is 0.363 e. The van der Waals surface area contributed by atoms with Gasteiger partial charge in [0.1, 0.15) is 0 Å². The molecule has 0 unspecified atom stereocenters. The van der Waals surface area contributed by atoms with Crippen LogP contribution in [0.25, 0.3) is 11.3 Å². The van der Waals surface area contributed by atoms with Crippen LogP contribution >= 0.6 is 0 Å². The summed E-state index contributed by atoms with van der Waals surface area (Å²) < 4.78 is 0. The van der Waals surface area contributed by atoms with Crippen LogP contribution in [0.5, 0.6) is 0 Å². The van der Waals surface area contributed by atoms with Crippen LogP contribution in [-0.4, -0.2) is 20.9 Å². The van der Waals surface area contributed by atoms with Crippen molar-refractivity contribution in [1.29, 1.82) is 0 Å². The number of hydrogen-bond acceptors (Lipinski definition) is 3. The molecule has 2 rings (SSSR count). The lowest BCUT2D eigenvalue weighted by molar-refractivity contribution is 0.0991. The third kappa shape index (κ3) is 1.47. The Kier molecular flexibility index (Phi) is 1.98. The Bertz CT molecular complexity index is 449. The minimum absolute atomic E-state index is 0.164. The van der Waals surface area contributed by atoms with E-state index < -0.39 is 5.91 Å². The van der Waals surface area contributed by atoms with Gasteiger partial charge in [0.15, 0.2) is 5.82 Å². The summed E-state index contributed by atoms with van der Waals surface area (Å²) in [6, 6.07) is 3.64. The quantitative estimate of drug-likeness (QED) is 0.722. The van der Waals surface area contributed by atoms with E-state index in [1.54, 1.807) is 18.6 Å². The smallest absolute Gasteiger partial charge is 0.284 e. The second-order valence-corrected chi connectivity index (χ2v) is 2.75. The van der Waals surface area contributed by atoms with Crippen molar-refractivity contribution in [3.8, 4) is 11.3 Å². The zero-order valence-electron chi connectivity index (χ0n) is 7.27. The first-order valence-corrected chi connectivity index (χ1v) is 4.02. The predicted octanol–water partition coefficient (Wildman–Crippen LogP) is 0.571. The molecule has 0 aromatic carbocycles. The number of amides is 1. The Morgan fingerprint density at radius 1 is 1.36 bits per heavy atom. The molecular formula is C9H8N4O. The first-order chi connectivity index (χ1) is 6.77. The molecule has 0 atom stereocenters. The van der Waals surface area contributed by atoms with Crippen molar-refractivity contribution >= 4 is 5.91 Å². The molecule has 2 heterocycles. The van der Waals surface area contributed by atoms with Crippen LogP contribution in [0.2, 0.25) is 0 Å². The number of hydrogen-bond donors (Lipinski definition) is 2. The summed E-state index contributed by atoms with van der Waals surface area (Å²) in [5.74, 6) is -0.401. The van der Waals surface area contributed by atoms with Gasteiger partial charge >= 0.3 is 0 Å². The minimum atomic E-state index is -0.565. The van der Waals surface area contributed by atoms with Crippen molar-refractivity contribution in [1.82, 2.24) is 15.0 Å². The van der Waals surface area contributed by atoms with Crippen molar-refractivity contribution in [2.24, 2.45) is 5.73 Å². The summed E-state index contributed by atoms with van der Waals surface area (Å²) in [6.07, 6.45) is 4.90. The molecule has 0 bridgehead atoms. The van der Waals surface area contributed by atoms with Crippen LogP contribution in [0.1, 0.15) is 10.6 Å². The summed E-state index contributed by atoms with van der Waals surface area (Å²) in [7, 11) is 0. The van der Waals surface area contributed by atoms with Crippen molar-refractivity contribution < 1.29 is 4.79 Å². The average Bonchev–Trinajstić information content (AvgIpc) is 2.68. The first-order valence-electron chi connectivity index (χ1n) is 4.02. The third-order valence-electron chi connectivity index (χ3n) is 1.80. The van der Waals surface area contributed by atoms with E-state index in [0.29, 0.717) is 0 Å². The number of imidazole rings is 1. The molecule has 0 saturated carbocycles. The molecule has 0 aliphatic heterocycles. The lowest BCUT2D eigenvalue weighted by Crippen LogP contribution is -2.12. The Labute approximate surface area is 80.0 Å². The fraction of sp³-hybridized carbons (Fsp3) is 0. The van der Waals surface area contributed by atoms with Gasteiger partial charge in [-0.25, -0.2) is 4.98 Å². The zero-order valence-corrected chi connectivity index (χ0v) is 7.27. The number of aromatic nitrogens is 3. The third-order valence-corrected chi connectivity index (χ3v) is 1.80. The standard InChI is InChI=1S/C9H8N4O/c10-8(14)9-12-5-7(13-9)6-1-3-11-4-2-6/h1-5H,(H2,10,14)(H,12,13). The van der Waals surface area contributed by atoms with E-state index in [0.717, 1.165) is 11.3 Å². The van der Waals surface area contributed by atoms with Crippen LogP contribution in [0.15, 0.2) is 30.7 Å². The molecule has 0 aliphatic rings. The van der Waals surface area contributed by atoms with Gasteiger partial charge in [-0.05, 0) is 12.1 Å². The molecule has 2 aromatic heterocycles. The van der Waals surface area contributed by atoms with Gasteiger partial charge in [0.25, 0.3) is 5.91 Å². The number of aromatic amines is 1. The fourth-order valence-corrected chi connectivity index (χ4v) is 1.12. The number of nitrogens with two attached hydrogens (primary N) is 1. The molecule has 2 aromatic rings. The number of H-pyrrole nitrogens is 1. The minimum Gasteiger partial charge on any atom is -0.363 e. The number of nitrogens with zero attached hydrogens (tertiary/aromatic N) is 2. The van der Waals surface area contributed by atoms with E-state index in [1.807, 2.05) is 12.1 Å². The molecule has 1 amide bonds. The Morgan fingerprint density at radius 2 is 2.07 bits per heavy atom. The van der Waals surface area contributed by atoms with Crippen LogP contribution in [0.4, 0.5) is 0 Å². The highest BCUT2D eigenvalue weighted by molar-refractivity contribution is 5.89. The number of carbonyl (C=O) groups excluding carboxylic acids is 1. The molecule has 70 valence electrons. The van der Waals surface area contributed by atoms with Crippen LogP contribution in [0, 0.1) is 0 Å². The highest BCUT2D eigenvalue weighted by atomic mass is 16.1. The molecule has 5 nitrogen and oxygen atoms in total.